The lowest BCUT2D eigenvalue weighted by atomic mass is 9.81. The molecule has 0 radical (unpaired) electrons. The van der Waals surface area contributed by atoms with Gasteiger partial charge in [0.05, 0.1) is 5.69 Å². The van der Waals surface area contributed by atoms with Gasteiger partial charge in [-0.2, -0.15) is 0 Å². The van der Waals surface area contributed by atoms with Gasteiger partial charge in [-0.05, 0) is 127 Å². The van der Waals surface area contributed by atoms with E-state index in [0.29, 0.717) is 0 Å². The smallest absolute Gasteiger partial charge is 0.143 e. The lowest BCUT2D eigenvalue weighted by molar-refractivity contribution is 0.660. The average molecular weight is 902 g/mol. The summed E-state index contributed by atoms with van der Waals surface area (Å²) in [4.78, 5) is 2.46. The predicted octanol–water partition coefficient (Wildman–Crippen LogP) is 19.0. The van der Waals surface area contributed by atoms with Crippen molar-refractivity contribution in [3.63, 3.8) is 0 Å². The molecule has 328 valence electrons. The molecule has 0 amide bonds. The van der Waals surface area contributed by atoms with E-state index in [1.165, 1.54) is 98.2 Å². The van der Waals surface area contributed by atoms with Crippen LogP contribution in [-0.4, -0.2) is 0 Å². The number of nitrogens with zero attached hydrogens (tertiary/aromatic N) is 1. The Kier molecular flexibility index (Phi) is 8.58. The molecule has 0 atom stereocenters. The third-order valence-electron chi connectivity index (χ3n) is 15.5. The normalized spacial score (nSPS) is 14.0. The minimum atomic E-state index is -0.157. The molecule has 0 saturated heterocycles. The number of benzene rings is 10. The van der Waals surface area contributed by atoms with Crippen LogP contribution < -0.4 is 4.90 Å². The van der Waals surface area contributed by atoms with Crippen LogP contribution in [-0.2, 0) is 10.8 Å². The molecule has 10 aromatic carbocycles. The minimum Gasteiger partial charge on any atom is -0.455 e. The summed E-state index contributed by atoms with van der Waals surface area (Å²) in [5.74, 6) is 0. The van der Waals surface area contributed by atoms with Crippen molar-refractivity contribution in [2.24, 2.45) is 0 Å². The molecule has 2 aliphatic carbocycles. The number of anilines is 3. The fraction of sp³-hybridized carbons (Fsp3) is 0.0909. The van der Waals surface area contributed by atoms with Crippen molar-refractivity contribution in [2.75, 3.05) is 4.90 Å². The van der Waals surface area contributed by atoms with Crippen molar-refractivity contribution in [3.8, 4) is 55.6 Å². The zero-order valence-corrected chi connectivity index (χ0v) is 39.8. The van der Waals surface area contributed by atoms with Gasteiger partial charge in [-0.1, -0.05) is 179 Å². The van der Waals surface area contributed by atoms with Gasteiger partial charge >= 0.3 is 0 Å². The van der Waals surface area contributed by atoms with Gasteiger partial charge in [-0.25, -0.2) is 0 Å². The van der Waals surface area contributed by atoms with Crippen LogP contribution in [0.1, 0.15) is 49.9 Å². The molecule has 0 bridgehead atoms. The van der Waals surface area contributed by atoms with E-state index in [1.807, 2.05) is 17.4 Å². The van der Waals surface area contributed by atoms with Crippen LogP contribution in [0.15, 0.2) is 217 Å². The van der Waals surface area contributed by atoms with Gasteiger partial charge in [-0.3, -0.25) is 0 Å². The Labute approximate surface area is 406 Å². The van der Waals surface area contributed by atoms with Gasteiger partial charge in [0.25, 0.3) is 0 Å². The Balaban J connectivity index is 0.843. The summed E-state index contributed by atoms with van der Waals surface area (Å²) in [6.07, 6.45) is 0. The standard InChI is InChI=1S/C66H47NOS/c1-65(2)55-18-8-5-15-53(55)63-57(65)19-12-20-59(63)67(46-32-25-41(26-33-46)43-27-35-51-50-14-7-10-22-61(50)69-62(51)39-43)45-30-23-40(24-31-45)42-29-36-56-54(37-42)48-34-28-44(38-58(48)66(56,3)4)47-16-11-17-52-49-13-6-9-21-60(49)68-64(47)52/h5-39H,1-4H3. The number of rotatable bonds is 6. The molecule has 69 heavy (non-hydrogen) atoms. The first-order valence-corrected chi connectivity index (χ1v) is 24.9. The zero-order valence-electron chi connectivity index (χ0n) is 39.0. The van der Waals surface area contributed by atoms with Crippen LogP contribution in [0.3, 0.4) is 0 Å². The van der Waals surface area contributed by atoms with Crippen LogP contribution in [0.4, 0.5) is 17.1 Å². The van der Waals surface area contributed by atoms with Crippen LogP contribution in [0.2, 0.25) is 0 Å². The Morgan fingerprint density at radius 1 is 0.362 bits per heavy atom. The Morgan fingerprint density at radius 3 is 1.75 bits per heavy atom. The van der Waals surface area contributed by atoms with Crippen LogP contribution in [0.25, 0.3) is 97.7 Å². The van der Waals surface area contributed by atoms with Crippen molar-refractivity contribution in [3.05, 3.63) is 235 Å². The van der Waals surface area contributed by atoms with E-state index in [9.17, 15) is 0 Å². The molecular formula is C66H47NOS. The molecule has 3 heteroatoms. The third-order valence-corrected chi connectivity index (χ3v) is 16.6. The number of thiophene rings is 1. The van der Waals surface area contributed by atoms with E-state index in [-0.39, 0.29) is 10.8 Å². The first-order valence-electron chi connectivity index (χ1n) is 24.1. The van der Waals surface area contributed by atoms with E-state index in [2.05, 4.69) is 239 Å². The SMILES string of the molecule is CC1(C)c2ccc(-c3ccc(N(c4ccc(-c5ccc6c(c5)sc5ccccc56)cc4)c4cccc5c4-c4ccccc4C5(C)C)cc3)cc2-c2ccc(-c3cccc4c3oc3ccccc34)cc21. The highest BCUT2D eigenvalue weighted by Gasteiger charge is 2.38. The fourth-order valence-electron chi connectivity index (χ4n) is 11.9. The molecule has 14 rings (SSSR count). The molecular weight excluding hydrogens is 855 g/mol. The van der Waals surface area contributed by atoms with Crippen molar-refractivity contribution >= 4 is 70.5 Å². The Hall–Kier alpha value is -7.98. The van der Waals surface area contributed by atoms with Crippen molar-refractivity contribution in [2.45, 2.75) is 38.5 Å². The maximum atomic E-state index is 6.49. The first kappa shape index (κ1) is 40.1. The predicted molar refractivity (Wildman–Crippen MR) is 293 cm³/mol. The summed E-state index contributed by atoms with van der Waals surface area (Å²) in [5, 5.41) is 4.96. The molecule has 2 aliphatic rings. The van der Waals surface area contributed by atoms with Crippen molar-refractivity contribution in [1.82, 2.24) is 0 Å². The van der Waals surface area contributed by atoms with E-state index >= 15 is 0 Å². The van der Waals surface area contributed by atoms with Crippen LogP contribution in [0.5, 0.6) is 0 Å². The van der Waals surface area contributed by atoms with Crippen molar-refractivity contribution < 1.29 is 4.42 Å². The van der Waals surface area contributed by atoms with Gasteiger partial charge in [-0.15, -0.1) is 11.3 Å². The second-order valence-electron chi connectivity index (χ2n) is 20.0. The minimum absolute atomic E-state index is 0.114. The molecule has 2 heterocycles. The lowest BCUT2D eigenvalue weighted by Gasteiger charge is -2.29. The first-order chi connectivity index (χ1) is 33.7. The molecule has 12 aromatic rings. The molecule has 2 aromatic heterocycles. The molecule has 0 aliphatic heterocycles. The topological polar surface area (TPSA) is 16.4 Å². The summed E-state index contributed by atoms with van der Waals surface area (Å²) in [5.41, 5.74) is 22.8. The summed E-state index contributed by atoms with van der Waals surface area (Å²) in [6, 6.07) is 78.8. The monoisotopic (exact) mass is 901 g/mol. The van der Waals surface area contributed by atoms with E-state index in [0.717, 1.165) is 38.9 Å². The number of hydrogen-bond donors (Lipinski definition) is 0. The zero-order chi connectivity index (χ0) is 46.2. The van der Waals surface area contributed by atoms with Gasteiger partial charge in [0.15, 0.2) is 0 Å². The quantitative estimate of drug-likeness (QED) is 0.165. The molecule has 0 unspecified atom stereocenters. The molecule has 0 fully saturated rings. The van der Waals surface area contributed by atoms with E-state index in [1.54, 1.807) is 0 Å². The number of hydrogen-bond acceptors (Lipinski definition) is 3. The summed E-state index contributed by atoms with van der Waals surface area (Å²) >= 11 is 1.87. The van der Waals surface area contributed by atoms with Crippen molar-refractivity contribution in [1.29, 1.82) is 0 Å². The highest BCUT2D eigenvalue weighted by Crippen LogP contribution is 2.55. The summed E-state index contributed by atoms with van der Waals surface area (Å²) in [6.45, 7) is 9.45. The highest BCUT2D eigenvalue weighted by molar-refractivity contribution is 7.25. The summed E-state index contributed by atoms with van der Waals surface area (Å²) in [7, 11) is 0. The van der Waals surface area contributed by atoms with E-state index < -0.39 is 0 Å². The third kappa shape index (κ3) is 5.97. The van der Waals surface area contributed by atoms with Gasteiger partial charge < -0.3 is 9.32 Å². The second-order valence-corrected chi connectivity index (χ2v) is 21.1. The summed E-state index contributed by atoms with van der Waals surface area (Å²) < 4.78 is 9.14. The van der Waals surface area contributed by atoms with Gasteiger partial charge in [0, 0.05) is 64.3 Å². The van der Waals surface area contributed by atoms with Gasteiger partial charge in [0.1, 0.15) is 11.2 Å². The Morgan fingerprint density at radius 2 is 0.942 bits per heavy atom. The number of para-hydroxylation sites is 2. The highest BCUT2D eigenvalue weighted by atomic mass is 32.1. The van der Waals surface area contributed by atoms with Crippen LogP contribution in [0, 0.1) is 0 Å². The lowest BCUT2D eigenvalue weighted by Crippen LogP contribution is -2.16. The molecule has 2 nitrogen and oxygen atoms in total. The molecule has 0 spiro atoms. The van der Waals surface area contributed by atoms with E-state index in [4.69, 9.17) is 4.42 Å². The van der Waals surface area contributed by atoms with Gasteiger partial charge in [0.2, 0.25) is 0 Å². The average Bonchev–Trinajstić information content (AvgIpc) is 4.09. The Bertz CT molecular complexity index is 4070. The molecule has 0 saturated carbocycles. The largest absolute Gasteiger partial charge is 0.455 e. The number of fused-ring (bicyclic) bond motifs is 12. The fourth-order valence-corrected chi connectivity index (χ4v) is 13.1. The number of furan rings is 1. The maximum absolute atomic E-state index is 6.49. The second kappa shape index (κ2) is 14.8. The maximum Gasteiger partial charge on any atom is 0.143 e. The van der Waals surface area contributed by atoms with Crippen LogP contribution >= 0.6 is 11.3 Å². The molecule has 0 N–H and O–H groups in total.